The number of hydrogen-bond donors (Lipinski definition) is 1. The lowest BCUT2D eigenvalue weighted by Gasteiger charge is -2.32. The summed E-state index contributed by atoms with van der Waals surface area (Å²) in [6, 6.07) is 8.52. The van der Waals surface area contributed by atoms with Gasteiger partial charge < -0.3 is 10.2 Å². The van der Waals surface area contributed by atoms with Crippen LogP contribution in [0.2, 0.25) is 0 Å². The molecule has 1 unspecified atom stereocenters. The van der Waals surface area contributed by atoms with Gasteiger partial charge in [-0.3, -0.25) is 4.79 Å². The summed E-state index contributed by atoms with van der Waals surface area (Å²) in [5, 5.41) is 3.22. The fourth-order valence-electron chi connectivity index (χ4n) is 2.90. The maximum atomic E-state index is 12.3. The highest BCUT2D eigenvalue weighted by molar-refractivity contribution is 7.99. The Hall–Kier alpha value is -0.710. The summed E-state index contributed by atoms with van der Waals surface area (Å²) in [5.74, 6) is 2.43. The second-order valence-electron chi connectivity index (χ2n) is 5.89. The second-order valence-corrected chi connectivity index (χ2v) is 6.87. The number of aryl methyl sites for hydroxylation is 1. The second kappa shape index (κ2) is 10.1. The summed E-state index contributed by atoms with van der Waals surface area (Å²) >= 11 is 1.72. The van der Waals surface area contributed by atoms with Gasteiger partial charge in [0.1, 0.15) is 0 Å². The molecular formula is C17H27ClN2OS. The predicted molar refractivity (Wildman–Crippen MR) is 97.8 cm³/mol. The average molecular weight is 343 g/mol. The lowest BCUT2D eigenvalue weighted by molar-refractivity contribution is -0.130. The van der Waals surface area contributed by atoms with Crippen LogP contribution in [0.5, 0.6) is 0 Å². The van der Waals surface area contributed by atoms with Crippen LogP contribution >= 0.6 is 24.2 Å². The van der Waals surface area contributed by atoms with Crippen LogP contribution in [0.3, 0.4) is 0 Å². The molecule has 2 rings (SSSR count). The molecule has 5 heteroatoms. The molecule has 1 amide bonds. The van der Waals surface area contributed by atoms with Gasteiger partial charge in [0.15, 0.2) is 0 Å². The van der Waals surface area contributed by atoms with Crippen LogP contribution in [0, 0.1) is 12.8 Å². The van der Waals surface area contributed by atoms with Gasteiger partial charge in [0, 0.05) is 18.8 Å². The van der Waals surface area contributed by atoms with E-state index in [0.717, 1.165) is 31.8 Å². The fourth-order valence-corrected chi connectivity index (χ4v) is 3.77. The number of nitrogens with one attached hydrogen (secondary N) is 1. The molecule has 1 aliphatic heterocycles. The van der Waals surface area contributed by atoms with E-state index in [9.17, 15) is 4.79 Å². The Labute approximate surface area is 144 Å². The third kappa shape index (κ3) is 6.19. The van der Waals surface area contributed by atoms with Crippen molar-refractivity contribution >= 4 is 30.1 Å². The van der Waals surface area contributed by atoms with Crippen LogP contribution in [0.15, 0.2) is 24.3 Å². The number of benzene rings is 1. The number of thioether (sulfide) groups is 1. The highest BCUT2D eigenvalue weighted by Gasteiger charge is 2.22. The minimum absolute atomic E-state index is 0. The van der Waals surface area contributed by atoms with Gasteiger partial charge in [-0.15, -0.1) is 24.2 Å². The van der Waals surface area contributed by atoms with Crippen LogP contribution in [0.4, 0.5) is 0 Å². The first-order valence-corrected chi connectivity index (χ1v) is 8.90. The number of halogens is 1. The molecule has 1 aromatic carbocycles. The predicted octanol–water partition coefficient (Wildman–Crippen LogP) is 3.11. The Balaban J connectivity index is 0.00000242. The zero-order chi connectivity index (χ0) is 15.1. The van der Waals surface area contributed by atoms with E-state index >= 15 is 0 Å². The van der Waals surface area contributed by atoms with E-state index in [1.165, 1.54) is 17.5 Å². The number of piperidine rings is 1. The van der Waals surface area contributed by atoms with Gasteiger partial charge in [0.2, 0.25) is 5.91 Å². The van der Waals surface area contributed by atoms with Crippen LogP contribution in [-0.4, -0.2) is 43.2 Å². The molecule has 1 aromatic rings. The van der Waals surface area contributed by atoms with Crippen molar-refractivity contribution in [3.05, 3.63) is 35.4 Å². The number of hydrogen-bond acceptors (Lipinski definition) is 3. The van der Waals surface area contributed by atoms with Gasteiger partial charge in [-0.05, 0) is 44.8 Å². The lowest BCUT2D eigenvalue weighted by atomic mass is 9.98. The first-order chi connectivity index (χ1) is 10.2. The standard InChI is InChI=1S/C17H26N2OS.ClH/c1-14-5-3-6-15(9-14)12-21-13-17(20)19-8-4-7-16(11-19)10-18-2;/h3,5-6,9,16,18H,4,7-8,10-13H2,1-2H3;1H. The number of rotatable bonds is 6. The summed E-state index contributed by atoms with van der Waals surface area (Å²) < 4.78 is 0. The summed E-state index contributed by atoms with van der Waals surface area (Å²) in [4.78, 5) is 14.3. The van der Waals surface area contributed by atoms with E-state index in [2.05, 4.69) is 41.4 Å². The van der Waals surface area contributed by atoms with E-state index < -0.39 is 0 Å². The van der Waals surface area contributed by atoms with E-state index in [0.29, 0.717) is 17.6 Å². The number of amides is 1. The van der Waals surface area contributed by atoms with E-state index in [1.54, 1.807) is 11.8 Å². The van der Waals surface area contributed by atoms with Crippen molar-refractivity contribution in [1.29, 1.82) is 0 Å². The lowest BCUT2D eigenvalue weighted by Crippen LogP contribution is -2.43. The third-order valence-electron chi connectivity index (χ3n) is 3.94. The molecule has 22 heavy (non-hydrogen) atoms. The maximum absolute atomic E-state index is 12.3. The molecule has 1 aliphatic rings. The largest absolute Gasteiger partial charge is 0.342 e. The van der Waals surface area contributed by atoms with Crippen LogP contribution in [0.25, 0.3) is 0 Å². The normalized spacial score (nSPS) is 17.9. The SMILES string of the molecule is CNCC1CCCN(C(=O)CSCc2cccc(C)c2)C1.Cl. The average Bonchev–Trinajstić information content (AvgIpc) is 2.48. The molecule has 1 atom stereocenters. The Kier molecular flexibility index (Phi) is 8.91. The molecule has 0 aliphatic carbocycles. The highest BCUT2D eigenvalue weighted by Crippen LogP contribution is 2.18. The van der Waals surface area contributed by atoms with E-state index in [-0.39, 0.29) is 12.4 Å². The Morgan fingerprint density at radius 3 is 3.00 bits per heavy atom. The number of likely N-dealkylation sites (tertiary alicyclic amines) is 1. The number of carbonyl (C=O) groups is 1. The number of nitrogens with zero attached hydrogens (tertiary/aromatic N) is 1. The monoisotopic (exact) mass is 342 g/mol. The fraction of sp³-hybridized carbons (Fsp3) is 0.588. The van der Waals surface area contributed by atoms with Gasteiger partial charge in [0.05, 0.1) is 5.75 Å². The highest BCUT2D eigenvalue weighted by atomic mass is 35.5. The summed E-state index contributed by atoms with van der Waals surface area (Å²) in [6.07, 6.45) is 2.38. The summed E-state index contributed by atoms with van der Waals surface area (Å²) in [5.41, 5.74) is 2.59. The van der Waals surface area contributed by atoms with Gasteiger partial charge in [-0.1, -0.05) is 29.8 Å². The maximum Gasteiger partial charge on any atom is 0.232 e. The van der Waals surface area contributed by atoms with Crippen LogP contribution in [-0.2, 0) is 10.5 Å². The van der Waals surface area contributed by atoms with E-state index in [1.807, 2.05) is 7.05 Å². The quantitative estimate of drug-likeness (QED) is 0.862. The zero-order valence-corrected chi connectivity index (χ0v) is 15.1. The molecule has 1 N–H and O–H groups in total. The van der Waals surface area contributed by atoms with Crippen LogP contribution < -0.4 is 5.32 Å². The molecule has 1 fully saturated rings. The van der Waals surface area contributed by atoms with Crippen molar-refractivity contribution < 1.29 is 4.79 Å². The van der Waals surface area contributed by atoms with Crippen molar-refractivity contribution in [2.75, 3.05) is 32.4 Å². The smallest absolute Gasteiger partial charge is 0.232 e. The molecule has 3 nitrogen and oxygen atoms in total. The molecule has 0 spiro atoms. The van der Waals surface area contributed by atoms with Gasteiger partial charge in [-0.25, -0.2) is 0 Å². The number of carbonyl (C=O) groups excluding carboxylic acids is 1. The van der Waals surface area contributed by atoms with E-state index in [4.69, 9.17) is 0 Å². The van der Waals surface area contributed by atoms with Gasteiger partial charge >= 0.3 is 0 Å². The Bertz CT molecular complexity index is 468. The molecule has 0 bridgehead atoms. The van der Waals surface area contributed by atoms with Crippen molar-refractivity contribution in [3.8, 4) is 0 Å². The first kappa shape index (κ1) is 19.3. The molecule has 0 aromatic heterocycles. The minimum Gasteiger partial charge on any atom is -0.342 e. The first-order valence-electron chi connectivity index (χ1n) is 7.74. The molecule has 1 heterocycles. The van der Waals surface area contributed by atoms with Crippen molar-refractivity contribution in [1.82, 2.24) is 10.2 Å². The molecule has 124 valence electrons. The minimum atomic E-state index is 0. The van der Waals surface area contributed by atoms with Crippen molar-refractivity contribution in [2.45, 2.75) is 25.5 Å². The van der Waals surface area contributed by atoms with Crippen LogP contribution in [0.1, 0.15) is 24.0 Å². The molecule has 1 saturated heterocycles. The topological polar surface area (TPSA) is 32.3 Å². The molecular weight excluding hydrogens is 316 g/mol. The van der Waals surface area contributed by atoms with Crippen molar-refractivity contribution in [3.63, 3.8) is 0 Å². The summed E-state index contributed by atoms with van der Waals surface area (Å²) in [7, 11) is 1.98. The Morgan fingerprint density at radius 1 is 1.45 bits per heavy atom. The van der Waals surface area contributed by atoms with Gasteiger partial charge in [-0.2, -0.15) is 0 Å². The third-order valence-corrected chi connectivity index (χ3v) is 4.93. The summed E-state index contributed by atoms with van der Waals surface area (Å²) in [6.45, 7) is 4.98. The Morgan fingerprint density at radius 2 is 2.27 bits per heavy atom. The van der Waals surface area contributed by atoms with Gasteiger partial charge in [0.25, 0.3) is 0 Å². The molecule has 0 saturated carbocycles. The van der Waals surface area contributed by atoms with Crippen molar-refractivity contribution in [2.24, 2.45) is 5.92 Å². The molecule has 0 radical (unpaired) electrons. The zero-order valence-electron chi connectivity index (χ0n) is 13.5.